The molecule has 5 nitrogen and oxygen atoms in total. The Morgan fingerprint density at radius 1 is 1.35 bits per heavy atom. The third kappa shape index (κ3) is 3.33. The minimum absolute atomic E-state index is 0.0229. The zero-order valence-electron chi connectivity index (χ0n) is 11.5. The van der Waals surface area contributed by atoms with Crippen LogP contribution in [0.25, 0.3) is 0 Å². The number of urea groups is 1. The van der Waals surface area contributed by atoms with Crippen LogP contribution in [0.5, 0.6) is 0 Å². The van der Waals surface area contributed by atoms with Crippen molar-refractivity contribution < 1.29 is 9.53 Å². The summed E-state index contributed by atoms with van der Waals surface area (Å²) in [6, 6.07) is -0.313. The quantitative estimate of drug-likeness (QED) is 0.784. The summed E-state index contributed by atoms with van der Waals surface area (Å²) < 4.78 is 5.28. The second kappa shape index (κ2) is 4.82. The molecule has 1 rings (SSSR count). The molecule has 1 heterocycles. The van der Waals surface area contributed by atoms with Crippen molar-refractivity contribution >= 4 is 6.03 Å². The maximum Gasteiger partial charge on any atom is 0.312 e. The SMILES string of the molecule is COCN1C(C)(C)CC(NC(N)=O)CC1(C)C. The van der Waals surface area contributed by atoms with Gasteiger partial charge in [0.15, 0.2) is 0 Å². The summed E-state index contributed by atoms with van der Waals surface area (Å²) in [5.74, 6) is 0. The van der Waals surface area contributed by atoms with Crippen LogP contribution in [0.4, 0.5) is 4.79 Å². The Kier molecular flexibility index (Phi) is 4.04. The maximum absolute atomic E-state index is 11.0. The highest BCUT2D eigenvalue weighted by molar-refractivity contribution is 5.72. The zero-order chi connectivity index (χ0) is 13.3. The van der Waals surface area contributed by atoms with Gasteiger partial charge in [-0.25, -0.2) is 4.79 Å². The molecule has 3 N–H and O–H groups in total. The van der Waals surface area contributed by atoms with Crippen molar-refractivity contribution in [2.24, 2.45) is 5.73 Å². The largest absolute Gasteiger partial charge is 0.369 e. The van der Waals surface area contributed by atoms with Gasteiger partial charge in [0.2, 0.25) is 0 Å². The van der Waals surface area contributed by atoms with E-state index in [4.69, 9.17) is 10.5 Å². The van der Waals surface area contributed by atoms with E-state index in [1.54, 1.807) is 7.11 Å². The molecular formula is C12H25N3O2. The van der Waals surface area contributed by atoms with Gasteiger partial charge in [-0.1, -0.05) is 0 Å². The van der Waals surface area contributed by atoms with E-state index in [9.17, 15) is 4.79 Å². The van der Waals surface area contributed by atoms with Crippen molar-refractivity contribution in [2.45, 2.75) is 57.7 Å². The lowest BCUT2D eigenvalue weighted by Crippen LogP contribution is -2.64. The number of hydrogen-bond donors (Lipinski definition) is 2. The van der Waals surface area contributed by atoms with E-state index in [2.05, 4.69) is 37.9 Å². The molecule has 0 aromatic carbocycles. The Bertz CT molecular complexity index is 271. The van der Waals surface area contributed by atoms with Crippen LogP contribution < -0.4 is 11.1 Å². The number of methoxy groups -OCH3 is 1. The lowest BCUT2D eigenvalue weighted by Gasteiger charge is -2.54. The highest BCUT2D eigenvalue weighted by Crippen LogP contribution is 2.37. The number of carbonyl (C=O) groups excluding carboxylic acids is 1. The Morgan fingerprint density at radius 3 is 2.18 bits per heavy atom. The van der Waals surface area contributed by atoms with Gasteiger partial charge in [-0.3, -0.25) is 4.90 Å². The summed E-state index contributed by atoms with van der Waals surface area (Å²) in [6.07, 6.45) is 1.76. The molecule has 1 aliphatic rings. The molecule has 0 saturated carbocycles. The Balaban J connectivity index is 2.84. The molecule has 1 aliphatic heterocycles. The van der Waals surface area contributed by atoms with Crippen molar-refractivity contribution in [3.63, 3.8) is 0 Å². The zero-order valence-corrected chi connectivity index (χ0v) is 11.5. The van der Waals surface area contributed by atoms with E-state index in [-0.39, 0.29) is 17.1 Å². The number of hydrogen-bond acceptors (Lipinski definition) is 3. The summed E-state index contributed by atoms with van der Waals surface area (Å²) in [6.45, 7) is 9.28. The number of rotatable bonds is 3. The number of likely N-dealkylation sites (tertiary alicyclic amines) is 1. The van der Waals surface area contributed by atoms with Crippen molar-refractivity contribution in [3.05, 3.63) is 0 Å². The molecule has 0 aromatic rings. The Labute approximate surface area is 104 Å². The second-order valence-electron chi connectivity index (χ2n) is 6.08. The predicted octanol–water partition coefficient (Wildman–Crippen LogP) is 1.28. The van der Waals surface area contributed by atoms with Crippen molar-refractivity contribution in [2.75, 3.05) is 13.8 Å². The number of nitrogens with one attached hydrogen (secondary N) is 1. The molecule has 0 radical (unpaired) electrons. The third-order valence-electron chi connectivity index (χ3n) is 3.56. The second-order valence-corrected chi connectivity index (χ2v) is 6.08. The van der Waals surface area contributed by atoms with E-state index in [0.29, 0.717) is 6.73 Å². The molecule has 100 valence electrons. The number of nitrogens with zero attached hydrogens (tertiary/aromatic N) is 1. The van der Waals surface area contributed by atoms with Gasteiger partial charge in [0, 0.05) is 24.2 Å². The van der Waals surface area contributed by atoms with Gasteiger partial charge in [0.05, 0.1) is 6.73 Å². The minimum Gasteiger partial charge on any atom is -0.369 e. The summed E-state index contributed by atoms with van der Waals surface area (Å²) in [5, 5.41) is 2.83. The van der Waals surface area contributed by atoms with Crippen LogP contribution in [0.1, 0.15) is 40.5 Å². The fourth-order valence-corrected chi connectivity index (χ4v) is 3.10. The Hall–Kier alpha value is -0.810. The molecule has 17 heavy (non-hydrogen) atoms. The van der Waals surface area contributed by atoms with Gasteiger partial charge in [-0.05, 0) is 40.5 Å². The lowest BCUT2D eigenvalue weighted by molar-refractivity contribution is -0.101. The number of nitrogens with two attached hydrogens (primary N) is 1. The van der Waals surface area contributed by atoms with Crippen molar-refractivity contribution in [1.29, 1.82) is 0 Å². The Morgan fingerprint density at radius 2 is 1.82 bits per heavy atom. The molecule has 0 unspecified atom stereocenters. The fourth-order valence-electron chi connectivity index (χ4n) is 3.10. The minimum atomic E-state index is -0.443. The van der Waals surface area contributed by atoms with Crippen molar-refractivity contribution in [1.82, 2.24) is 10.2 Å². The summed E-state index contributed by atoms with van der Waals surface area (Å²) in [4.78, 5) is 13.3. The van der Waals surface area contributed by atoms with Crippen LogP contribution in [0, 0.1) is 0 Å². The topological polar surface area (TPSA) is 67.6 Å². The number of ether oxygens (including phenoxy) is 1. The van der Waals surface area contributed by atoms with Crippen molar-refractivity contribution in [3.8, 4) is 0 Å². The lowest BCUT2D eigenvalue weighted by atomic mass is 9.77. The number of primary amides is 1. The van der Waals surface area contributed by atoms with Gasteiger partial charge < -0.3 is 15.8 Å². The van der Waals surface area contributed by atoms with Gasteiger partial charge in [-0.2, -0.15) is 0 Å². The van der Waals surface area contributed by atoms with Crippen LogP contribution in [-0.4, -0.2) is 41.9 Å². The van der Waals surface area contributed by atoms with E-state index in [1.165, 1.54) is 0 Å². The molecule has 1 fully saturated rings. The molecule has 2 amide bonds. The highest BCUT2D eigenvalue weighted by atomic mass is 16.5. The molecular weight excluding hydrogens is 218 g/mol. The van der Waals surface area contributed by atoms with E-state index in [1.807, 2.05) is 0 Å². The first-order valence-electron chi connectivity index (χ1n) is 6.02. The van der Waals surface area contributed by atoms with E-state index in [0.717, 1.165) is 12.8 Å². The van der Waals surface area contributed by atoms with Gasteiger partial charge >= 0.3 is 6.03 Å². The number of piperidine rings is 1. The smallest absolute Gasteiger partial charge is 0.312 e. The molecule has 0 spiro atoms. The van der Waals surface area contributed by atoms with Gasteiger partial charge in [0.25, 0.3) is 0 Å². The van der Waals surface area contributed by atoms with Crippen LogP contribution in [-0.2, 0) is 4.74 Å². The standard InChI is InChI=1S/C12H25N3O2/c1-11(2)6-9(14-10(13)16)7-12(3,4)15(11)8-17-5/h9H,6-8H2,1-5H3,(H3,13,14,16). The highest BCUT2D eigenvalue weighted by Gasteiger charge is 2.45. The van der Waals surface area contributed by atoms with E-state index >= 15 is 0 Å². The monoisotopic (exact) mass is 243 g/mol. The van der Waals surface area contributed by atoms with Crippen LogP contribution >= 0.6 is 0 Å². The van der Waals surface area contributed by atoms with Crippen LogP contribution in [0.3, 0.4) is 0 Å². The third-order valence-corrected chi connectivity index (χ3v) is 3.56. The number of carbonyl (C=O) groups is 1. The molecule has 0 aliphatic carbocycles. The van der Waals surface area contributed by atoms with E-state index < -0.39 is 6.03 Å². The predicted molar refractivity (Wildman–Crippen MR) is 67.6 cm³/mol. The summed E-state index contributed by atoms with van der Waals surface area (Å²) in [7, 11) is 1.71. The molecule has 0 bridgehead atoms. The molecule has 0 aromatic heterocycles. The van der Waals surface area contributed by atoms with Gasteiger partial charge in [-0.15, -0.1) is 0 Å². The molecule has 0 atom stereocenters. The first-order chi connectivity index (χ1) is 7.69. The molecule has 5 heteroatoms. The first-order valence-corrected chi connectivity index (χ1v) is 6.02. The average molecular weight is 243 g/mol. The number of amides is 2. The normalized spacial score (nSPS) is 24.5. The maximum atomic E-state index is 11.0. The van der Waals surface area contributed by atoms with Gasteiger partial charge in [0.1, 0.15) is 0 Å². The fraction of sp³-hybridized carbons (Fsp3) is 0.917. The summed E-state index contributed by atoms with van der Waals surface area (Å²) in [5.41, 5.74) is 5.16. The van der Waals surface area contributed by atoms with Crippen LogP contribution in [0.2, 0.25) is 0 Å². The average Bonchev–Trinajstić information content (AvgIpc) is 2.08. The first kappa shape index (κ1) is 14.3. The summed E-state index contributed by atoms with van der Waals surface area (Å²) >= 11 is 0. The van der Waals surface area contributed by atoms with Crippen LogP contribution in [0.15, 0.2) is 0 Å². The molecule has 1 saturated heterocycles.